The van der Waals surface area contributed by atoms with Crippen LogP contribution in [-0.2, 0) is 0 Å². The highest BCUT2D eigenvalue weighted by molar-refractivity contribution is 6.33. The van der Waals surface area contributed by atoms with Crippen molar-refractivity contribution in [1.82, 2.24) is 0 Å². The molecule has 1 nitrogen and oxygen atoms in total. The Bertz CT molecular complexity index is 555. The number of hydrogen-bond donors (Lipinski definition) is 0. The molecule has 0 unspecified atom stereocenters. The molecule has 0 aliphatic heterocycles. The molecular formula is C13H9ClF2O. The van der Waals surface area contributed by atoms with Crippen molar-refractivity contribution in [2.75, 3.05) is 7.11 Å². The Labute approximate surface area is 103 Å². The molecule has 17 heavy (non-hydrogen) atoms. The Hall–Kier alpha value is -1.61. The third kappa shape index (κ3) is 2.24. The maximum Gasteiger partial charge on any atom is 0.137 e. The summed E-state index contributed by atoms with van der Waals surface area (Å²) in [4.78, 5) is 0. The minimum Gasteiger partial charge on any atom is -0.496 e. The van der Waals surface area contributed by atoms with Crippen LogP contribution in [-0.4, -0.2) is 7.11 Å². The van der Waals surface area contributed by atoms with Gasteiger partial charge in [0.25, 0.3) is 0 Å². The zero-order chi connectivity index (χ0) is 12.4. The molecular weight excluding hydrogens is 246 g/mol. The lowest BCUT2D eigenvalue weighted by atomic mass is 10.0. The molecule has 2 aromatic carbocycles. The fourth-order valence-corrected chi connectivity index (χ4v) is 1.87. The van der Waals surface area contributed by atoms with E-state index in [4.69, 9.17) is 16.3 Å². The third-order valence-corrected chi connectivity index (χ3v) is 2.71. The molecule has 0 spiro atoms. The van der Waals surface area contributed by atoms with E-state index >= 15 is 0 Å². The summed E-state index contributed by atoms with van der Waals surface area (Å²) in [5.74, 6) is -1.26. The van der Waals surface area contributed by atoms with E-state index in [0.717, 1.165) is 12.1 Å². The van der Waals surface area contributed by atoms with E-state index in [1.54, 1.807) is 24.3 Å². The fraction of sp³-hybridized carbons (Fsp3) is 0.0769. The normalized spacial score (nSPS) is 10.4. The lowest BCUT2D eigenvalue weighted by molar-refractivity contribution is 0.409. The topological polar surface area (TPSA) is 9.23 Å². The number of benzene rings is 2. The second kappa shape index (κ2) is 4.72. The predicted octanol–water partition coefficient (Wildman–Crippen LogP) is 4.29. The van der Waals surface area contributed by atoms with Gasteiger partial charge in [-0.05, 0) is 6.07 Å². The number of halogens is 3. The van der Waals surface area contributed by atoms with Crippen molar-refractivity contribution >= 4 is 11.6 Å². The van der Waals surface area contributed by atoms with Gasteiger partial charge < -0.3 is 4.74 Å². The Balaban J connectivity index is 2.71. The van der Waals surface area contributed by atoms with Gasteiger partial charge >= 0.3 is 0 Å². The molecule has 0 saturated carbocycles. The number of hydrogen-bond acceptors (Lipinski definition) is 1. The first-order chi connectivity index (χ1) is 8.13. The maximum absolute atomic E-state index is 13.8. The monoisotopic (exact) mass is 254 g/mol. The van der Waals surface area contributed by atoms with E-state index in [1.807, 2.05) is 0 Å². The molecule has 0 aliphatic carbocycles. The van der Waals surface area contributed by atoms with Gasteiger partial charge in [0.2, 0.25) is 0 Å². The van der Waals surface area contributed by atoms with Crippen LogP contribution in [0.3, 0.4) is 0 Å². The summed E-state index contributed by atoms with van der Waals surface area (Å²) in [5.41, 5.74) is 0.642. The predicted molar refractivity (Wildman–Crippen MR) is 63.4 cm³/mol. The van der Waals surface area contributed by atoms with Crippen molar-refractivity contribution in [3.8, 4) is 16.9 Å². The Kier molecular flexibility index (Phi) is 3.29. The SMILES string of the molecule is COc1cc(F)cc(F)c1-c1ccccc1Cl. The molecule has 2 rings (SSSR count). The summed E-state index contributed by atoms with van der Waals surface area (Å²) in [5, 5.41) is 0.385. The summed E-state index contributed by atoms with van der Waals surface area (Å²) in [7, 11) is 1.36. The van der Waals surface area contributed by atoms with Crippen molar-refractivity contribution in [3.63, 3.8) is 0 Å². The largest absolute Gasteiger partial charge is 0.496 e. The smallest absolute Gasteiger partial charge is 0.137 e. The first-order valence-electron chi connectivity index (χ1n) is 4.91. The molecule has 4 heteroatoms. The van der Waals surface area contributed by atoms with Gasteiger partial charge in [0.1, 0.15) is 17.4 Å². The van der Waals surface area contributed by atoms with Gasteiger partial charge in [-0.1, -0.05) is 29.8 Å². The second-order valence-electron chi connectivity index (χ2n) is 3.44. The summed E-state index contributed by atoms with van der Waals surface area (Å²) < 4.78 is 31.8. The van der Waals surface area contributed by atoms with E-state index < -0.39 is 11.6 Å². The molecule has 0 saturated heterocycles. The lowest BCUT2D eigenvalue weighted by Crippen LogP contribution is -1.94. The molecule has 88 valence electrons. The van der Waals surface area contributed by atoms with Gasteiger partial charge in [-0.3, -0.25) is 0 Å². The van der Waals surface area contributed by atoms with Crippen LogP contribution in [0.5, 0.6) is 5.75 Å². The Morgan fingerprint density at radius 3 is 2.47 bits per heavy atom. The van der Waals surface area contributed by atoms with Gasteiger partial charge in [0.15, 0.2) is 0 Å². The minimum absolute atomic E-state index is 0.121. The highest BCUT2D eigenvalue weighted by Gasteiger charge is 2.16. The molecule has 0 radical (unpaired) electrons. The zero-order valence-electron chi connectivity index (χ0n) is 9.01. The van der Waals surface area contributed by atoms with Crippen molar-refractivity contribution < 1.29 is 13.5 Å². The first-order valence-corrected chi connectivity index (χ1v) is 5.29. The number of methoxy groups -OCH3 is 1. The second-order valence-corrected chi connectivity index (χ2v) is 3.85. The molecule has 2 aromatic rings. The summed E-state index contributed by atoms with van der Waals surface area (Å²) in [6.45, 7) is 0. The van der Waals surface area contributed by atoms with Crippen LogP contribution in [0.1, 0.15) is 0 Å². The van der Waals surface area contributed by atoms with Crippen LogP contribution < -0.4 is 4.74 Å². The van der Waals surface area contributed by atoms with Crippen molar-refractivity contribution in [2.24, 2.45) is 0 Å². The first kappa shape index (κ1) is 11.9. The van der Waals surface area contributed by atoms with Crippen molar-refractivity contribution in [3.05, 3.63) is 53.1 Å². The van der Waals surface area contributed by atoms with Gasteiger partial charge in [0, 0.05) is 22.7 Å². The molecule has 0 bridgehead atoms. The lowest BCUT2D eigenvalue weighted by Gasteiger charge is -2.11. The van der Waals surface area contributed by atoms with E-state index in [1.165, 1.54) is 7.11 Å². The van der Waals surface area contributed by atoms with E-state index in [9.17, 15) is 8.78 Å². The summed E-state index contributed by atoms with van der Waals surface area (Å²) >= 11 is 5.98. The third-order valence-electron chi connectivity index (χ3n) is 2.38. The van der Waals surface area contributed by atoms with Gasteiger partial charge in [0.05, 0.1) is 12.7 Å². The number of rotatable bonds is 2. The van der Waals surface area contributed by atoms with Crippen LogP contribution >= 0.6 is 11.6 Å². The van der Waals surface area contributed by atoms with E-state index in [2.05, 4.69) is 0 Å². The molecule has 0 fully saturated rings. The molecule has 0 aliphatic rings. The average Bonchev–Trinajstić information content (AvgIpc) is 2.29. The summed E-state index contributed by atoms with van der Waals surface area (Å²) in [6, 6.07) is 8.69. The minimum atomic E-state index is -0.699. The van der Waals surface area contributed by atoms with Crippen molar-refractivity contribution in [2.45, 2.75) is 0 Å². The molecule has 0 N–H and O–H groups in total. The van der Waals surface area contributed by atoms with Gasteiger partial charge in [-0.2, -0.15) is 0 Å². The van der Waals surface area contributed by atoms with Crippen molar-refractivity contribution in [1.29, 1.82) is 0 Å². The van der Waals surface area contributed by atoms with Crippen LogP contribution in [0.2, 0.25) is 5.02 Å². The average molecular weight is 255 g/mol. The van der Waals surface area contributed by atoms with E-state index in [-0.39, 0.29) is 11.3 Å². The van der Waals surface area contributed by atoms with Crippen LogP contribution in [0, 0.1) is 11.6 Å². The summed E-state index contributed by atoms with van der Waals surface area (Å²) in [6.07, 6.45) is 0. The molecule has 0 atom stereocenters. The fourth-order valence-electron chi connectivity index (χ4n) is 1.64. The molecule has 0 aromatic heterocycles. The number of ether oxygens (including phenoxy) is 1. The van der Waals surface area contributed by atoms with Gasteiger partial charge in [-0.15, -0.1) is 0 Å². The van der Waals surface area contributed by atoms with E-state index in [0.29, 0.717) is 10.6 Å². The Morgan fingerprint density at radius 1 is 1.12 bits per heavy atom. The highest BCUT2D eigenvalue weighted by atomic mass is 35.5. The molecule has 0 amide bonds. The highest BCUT2D eigenvalue weighted by Crippen LogP contribution is 2.37. The molecule has 0 heterocycles. The van der Waals surface area contributed by atoms with Crippen LogP contribution in [0.4, 0.5) is 8.78 Å². The zero-order valence-corrected chi connectivity index (χ0v) is 9.76. The van der Waals surface area contributed by atoms with Crippen LogP contribution in [0.25, 0.3) is 11.1 Å². The maximum atomic E-state index is 13.8. The Morgan fingerprint density at radius 2 is 1.82 bits per heavy atom. The quantitative estimate of drug-likeness (QED) is 0.777. The van der Waals surface area contributed by atoms with Crippen LogP contribution in [0.15, 0.2) is 36.4 Å². The standard InChI is InChI=1S/C13H9ClF2O/c1-17-12-7-8(15)6-11(16)13(12)9-4-2-3-5-10(9)14/h2-7H,1H3. The van der Waals surface area contributed by atoms with Gasteiger partial charge in [-0.25, -0.2) is 8.78 Å².